The molecule has 0 aliphatic heterocycles. The van der Waals surface area contributed by atoms with Gasteiger partial charge in [-0.2, -0.15) is 0 Å². The quantitative estimate of drug-likeness (QED) is 0.327. The molecule has 0 saturated carbocycles. The molecule has 140 valence electrons. The van der Waals surface area contributed by atoms with Gasteiger partial charge in [0.05, 0.1) is 11.4 Å². The summed E-state index contributed by atoms with van der Waals surface area (Å²) in [6, 6.07) is 14.4. The Morgan fingerprint density at radius 1 is 1.26 bits per heavy atom. The minimum Gasteiger partial charge on any atom is -0.472 e. The number of aromatic nitrogens is 2. The lowest BCUT2D eigenvalue weighted by Crippen LogP contribution is -2.48. The summed E-state index contributed by atoms with van der Waals surface area (Å²) in [5.74, 6) is 11.4. The number of hydrogen-bond donors (Lipinski definition) is 3. The Kier molecular flexibility index (Phi) is 5.75. The van der Waals surface area contributed by atoms with E-state index in [0.29, 0.717) is 17.1 Å². The van der Waals surface area contributed by atoms with Gasteiger partial charge in [-0.1, -0.05) is 39.7 Å². The number of carbonyl (C=O) groups excluding carboxylic acids is 1. The maximum Gasteiger partial charge on any atom is 0.350 e. The Morgan fingerprint density at radius 2 is 2.00 bits per heavy atom. The minimum atomic E-state index is -0.641. The highest BCUT2D eigenvalue weighted by molar-refractivity contribution is 9.10. The van der Waals surface area contributed by atoms with Crippen LogP contribution in [0.15, 0.2) is 59.2 Å². The molecule has 0 atom stereocenters. The largest absolute Gasteiger partial charge is 0.472 e. The zero-order chi connectivity index (χ0) is 19.4. The Labute approximate surface area is 164 Å². The van der Waals surface area contributed by atoms with Gasteiger partial charge in [0.15, 0.2) is 0 Å². The van der Waals surface area contributed by atoms with Crippen molar-refractivity contribution in [3.05, 3.63) is 70.3 Å². The summed E-state index contributed by atoms with van der Waals surface area (Å²) in [6.07, 6.45) is 1.82. The van der Waals surface area contributed by atoms with Gasteiger partial charge in [0.2, 0.25) is 5.88 Å². The number of urea groups is 1. The molecule has 1 heterocycles. The van der Waals surface area contributed by atoms with E-state index in [0.717, 1.165) is 15.2 Å². The number of nitrogens with zero attached hydrogens (tertiary/aromatic N) is 3. The smallest absolute Gasteiger partial charge is 0.350 e. The molecule has 3 rings (SSSR count). The molecule has 0 unspecified atom stereocenters. The van der Waals surface area contributed by atoms with Crippen molar-refractivity contribution in [3.63, 3.8) is 0 Å². The van der Waals surface area contributed by atoms with Crippen LogP contribution in [0.3, 0.4) is 0 Å². The van der Waals surface area contributed by atoms with Crippen LogP contribution < -0.4 is 26.9 Å². The minimum absolute atomic E-state index is 0.160. The van der Waals surface area contributed by atoms with E-state index in [2.05, 4.69) is 21.0 Å². The molecule has 0 radical (unpaired) electrons. The number of amides is 2. The fraction of sp³-hybridized carbons (Fsp3) is 0.111. The van der Waals surface area contributed by atoms with E-state index >= 15 is 0 Å². The predicted octanol–water partition coefficient (Wildman–Crippen LogP) is 2.79. The number of halogens is 1. The number of hydrazine groups is 2. The molecule has 0 saturated heterocycles. The maximum absolute atomic E-state index is 11.7. The normalized spacial score (nSPS) is 10.5. The van der Waals surface area contributed by atoms with Crippen molar-refractivity contribution >= 4 is 27.6 Å². The molecule has 0 aliphatic rings. The van der Waals surface area contributed by atoms with Gasteiger partial charge in [-0.15, -0.1) is 5.10 Å². The third-order valence-corrected chi connectivity index (χ3v) is 4.67. The van der Waals surface area contributed by atoms with E-state index in [1.165, 1.54) is 5.56 Å². The van der Waals surface area contributed by atoms with Crippen LogP contribution >= 0.6 is 15.9 Å². The molecule has 2 aromatic carbocycles. The summed E-state index contributed by atoms with van der Waals surface area (Å²) in [5, 5.41) is 5.34. The average molecular weight is 431 g/mol. The second-order valence-corrected chi connectivity index (χ2v) is 6.63. The lowest BCUT2D eigenvalue weighted by molar-refractivity contribution is 0.246. The van der Waals surface area contributed by atoms with Gasteiger partial charge < -0.3 is 4.74 Å². The van der Waals surface area contributed by atoms with Crippen LogP contribution in [0.1, 0.15) is 11.1 Å². The van der Waals surface area contributed by atoms with Gasteiger partial charge >= 0.3 is 6.03 Å². The first kappa shape index (κ1) is 18.9. The zero-order valence-corrected chi connectivity index (χ0v) is 16.2. The predicted molar refractivity (Wildman–Crippen MR) is 106 cm³/mol. The topological polar surface area (TPSA) is 111 Å². The molecule has 8 nitrogen and oxygen atoms in total. The number of nitrogens with two attached hydrogens (primary N) is 2. The van der Waals surface area contributed by atoms with E-state index in [1.807, 2.05) is 48.9 Å². The third kappa shape index (κ3) is 4.27. The Bertz CT molecular complexity index is 941. The van der Waals surface area contributed by atoms with Crippen LogP contribution in [0.5, 0.6) is 5.88 Å². The molecule has 0 aliphatic carbocycles. The summed E-state index contributed by atoms with van der Waals surface area (Å²) in [7, 11) is 0. The van der Waals surface area contributed by atoms with E-state index < -0.39 is 6.03 Å². The van der Waals surface area contributed by atoms with Crippen LogP contribution in [0, 0.1) is 6.92 Å². The number of hydrogen-bond acceptors (Lipinski definition) is 5. The van der Waals surface area contributed by atoms with Gasteiger partial charge in [0.1, 0.15) is 6.61 Å². The molecule has 0 fully saturated rings. The van der Waals surface area contributed by atoms with E-state index in [-0.39, 0.29) is 6.61 Å². The summed E-state index contributed by atoms with van der Waals surface area (Å²) < 4.78 is 8.27. The molecule has 5 N–H and O–H groups in total. The highest BCUT2D eigenvalue weighted by Gasteiger charge is 2.17. The fourth-order valence-electron chi connectivity index (χ4n) is 2.47. The second kappa shape index (κ2) is 8.21. The van der Waals surface area contributed by atoms with Gasteiger partial charge in [-0.3, -0.25) is 5.43 Å². The maximum atomic E-state index is 11.7. The number of nitrogens with one attached hydrogen (secondary N) is 1. The van der Waals surface area contributed by atoms with Crippen LogP contribution in [-0.4, -0.2) is 15.8 Å². The van der Waals surface area contributed by atoms with Gasteiger partial charge in [-0.05, 0) is 31.2 Å². The van der Waals surface area contributed by atoms with Crippen molar-refractivity contribution in [1.82, 2.24) is 15.2 Å². The average Bonchev–Trinajstić information content (AvgIpc) is 3.15. The SMILES string of the molecule is Cc1ccc(-n2ccc(OCc3c(Br)cccc3N(N)C(=O)NN)n2)cc1. The Hall–Kier alpha value is -2.88. The van der Waals surface area contributed by atoms with Crippen molar-refractivity contribution in [2.45, 2.75) is 13.5 Å². The van der Waals surface area contributed by atoms with Crippen LogP contribution in [0.4, 0.5) is 10.5 Å². The van der Waals surface area contributed by atoms with Crippen molar-refractivity contribution in [2.75, 3.05) is 5.01 Å². The van der Waals surface area contributed by atoms with Gasteiger partial charge in [0, 0.05) is 22.3 Å². The first-order valence-corrected chi connectivity index (χ1v) is 8.87. The summed E-state index contributed by atoms with van der Waals surface area (Å²) in [5.41, 5.74) is 5.26. The van der Waals surface area contributed by atoms with Gasteiger partial charge in [-0.25, -0.2) is 26.2 Å². The highest BCUT2D eigenvalue weighted by Crippen LogP contribution is 2.28. The lowest BCUT2D eigenvalue weighted by atomic mass is 10.2. The molecule has 2 amide bonds. The Morgan fingerprint density at radius 3 is 2.70 bits per heavy atom. The zero-order valence-electron chi connectivity index (χ0n) is 14.6. The molecule has 1 aromatic heterocycles. The van der Waals surface area contributed by atoms with Crippen molar-refractivity contribution < 1.29 is 9.53 Å². The van der Waals surface area contributed by atoms with Crippen LogP contribution in [0.25, 0.3) is 5.69 Å². The number of anilines is 1. The molecule has 0 bridgehead atoms. The molecule has 3 aromatic rings. The fourth-order valence-corrected chi connectivity index (χ4v) is 2.94. The highest BCUT2D eigenvalue weighted by atomic mass is 79.9. The number of carbonyl (C=O) groups is 1. The second-order valence-electron chi connectivity index (χ2n) is 5.78. The molecule has 0 spiro atoms. The number of rotatable bonds is 5. The molecular weight excluding hydrogens is 412 g/mol. The van der Waals surface area contributed by atoms with E-state index in [1.54, 1.807) is 22.9 Å². The molecular formula is C18H19BrN6O2. The number of ether oxygens (including phenoxy) is 1. The lowest BCUT2D eigenvalue weighted by Gasteiger charge is -2.20. The number of aryl methyl sites for hydroxylation is 1. The first-order chi connectivity index (χ1) is 13.0. The number of benzene rings is 2. The van der Waals surface area contributed by atoms with Crippen molar-refractivity contribution in [2.24, 2.45) is 11.7 Å². The summed E-state index contributed by atoms with van der Waals surface area (Å²) >= 11 is 3.46. The van der Waals surface area contributed by atoms with Crippen LogP contribution in [0.2, 0.25) is 0 Å². The third-order valence-electron chi connectivity index (χ3n) is 3.92. The molecule has 9 heteroatoms. The Balaban J connectivity index is 1.77. The van der Waals surface area contributed by atoms with Crippen molar-refractivity contribution in [1.29, 1.82) is 0 Å². The molecule has 27 heavy (non-hydrogen) atoms. The van der Waals surface area contributed by atoms with Crippen molar-refractivity contribution in [3.8, 4) is 11.6 Å². The van der Waals surface area contributed by atoms with E-state index in [9.17, 15) is 4.79 Å². The monoisotopic (exact) mass is 430 g/mol. The summed E-state index contributed by atoms with van der Waals surface area (Å²) in [4.78, 5) is 11.7. The first-order valence-electron chi connectivity index (χ1n) is 8.08. The summed E-state index contributed by atoms with van der Waals surface area (Å²) in [6.45, 7) is 2.19. The standard InChI is InChI=1S/C18H19BrN6O2/c1-12-5-7-13(8-6-12)24-10-9-17(23-24)27-11-14-15(19)3-2-4-16(14)25(21)18(26)22-20/h2-10H,11,20-21H2,1H3,(H,22,26). The van der Waals surface area contributed by atoms with Gasteiger partial charge in [0.25, 0.3) is 0 Å². The van der Waals surface area contributed by atoms with Crippen LogP contribution in [-0.2, 0) is 6.61 Å². The van der Waals surface area contributed by atoms with E-state index in [4.69, 9.17) is 16.4 Å².